The Balaban J connectivity index is 2.24. The SMILES string of the molecule is CC(C(=O)O)n1nnnc1C1CCC1. The van der Waals surface area contributed by atoms with Crippen LogP contribution in [0.15, 0.2) is 0 Å². The van der Waals surface area contributed by atoms with Crippen LogP contribution in [0.4, 0.5) is 0 Å². The Hall–Kier alpha value is -1.46. The molecule has 0 amide bonds. The number of carbonyl (C=O) groups is 1. The number of aromatic nitrogens is 4. The largest absolute Gasteiger partial charge is 0.480 e. The first-order chi connectivity index (χ1) is 6.70. The molecule has 1 saturated carbocycles. The van der Waals surface area contributed by atoms with Gasteiger partial charge in [0.05, 0.1) is 0 Å². The average molecular weight is 196 g/mol. The lowest BCUT2D eigenvalue weighted by Crippen LogP contribution is -2.23. The van der Waals surface area contributed by atoms with E-state index in [2.05, 4.69) is 15.5 Å². The van der Waals surface area contributed by atoms with E-state index in [4.69, 9.17) is 5.11 Å². The molecule has 0 spiro atoms. The van der Waals surface area contributed by atoms with Crippen molar-refractivity contribution in [2.45, 2.75) is 38.1 Å². The number of carboxylic acids is 1. The second-order valence-corrected chi connectivity index (χ2v) is 3.62. The van der Waals surface area contributed by atoms with E-state index >= 15 is 0 Å². The van der Waals surface area contributed by atoms with Gasteiger partial charge in [0.2, 0.25) is 0 Å². The third kappa shape index (κ3) is 1.36. The topological polar surface area (TPSA) is 80.9 Å². The van der Waals surface area contributed by atoms with Crippen molar-refractivity contribution in [1.29, 1.82) is 0 Å². The van der Waals surface area contributed by atoms with Gasteiger partial charge in [0.15, 0.2) is 5.82 Å². The van der Waals surface area contributed by atoms with Crippen molar-refractivity contribution in [3.05, 3.63) is 5.82 Å². The van der Waals surface area contributed by atoms with Gasteiger partial charge >= 0.3 is 5.97 Å². The quantitative estimate of drug-likeness (QED) is 0.765. The van der Waals surface area contributed by atoms with Gasteiger partial charge < -0.3 is 5.11 Å². The third-order valence-electron chi connectivity index (χ3n) is 2.71. The fourth-order valence-electron chi connectivity index (χ4n) is 1.52. The zero-order valence-corrected chi connectivity index (χ0v) is 7.92. The lowest BCUT2D eigenvalue weighted by molar-refractivity contribution is -0.140. The molecule has 1 aliphatic rings. The van der Waals surface area contributed by atoms with Crippen LogP contribution in [-0.2, 0) is 4.79 Å². The number of aliphatic carboxylic acids is 1. The zero-order chi connectivity index (χ0) is 10.1. The molecule has 1 unspecified atom stereocenters. The smallest absolute Gasteiger partial charge is 0.328 e. The predicted molar refractivity (Wildman–Crippen MR) is 46.8 cm³/mol. The van der Waals surface area contributed by atoms with Crippen LogP contribution in [0, 0.1) is 0 Å². The number of tetrazole rings is 1. The minimum absolute atomic E-state index is 0.354. The predicted octanol–water partition coefficient (Wildman–Crippen LogP) is 0.586. The highest BCUT2D eigenvalue weighted by Gasteiger charge is 2.28. The molecule has 0 aliphatic heterocycles. The Bertz CT molecular complexity index is 345. The number of carboxylic acid groups (broad SMARTS) is 1. The van der Waals surface area contributed by atoms with Gasteiger partial charge in [-0.05, 0) is 30.2 Å². The van der Waals surface area contributed by atoms with Crippen LogP contribution in [0.3, 0.4) is 0 Å². The molecule has 2 rings (SSSR count). The van der Waals surface area contributed by atoms with Crippen molar-refractivity contribution in [2.75, 3.05) is 0 Å². The first-order valence-electron chi connectivity index (χ1n) is 4.70. The van der Waals surface area contributed by atoms with Crippen LogP contribution >= 0.6 is 0 Å². The van der Waals surface area contributed by atoms with E-state index in [1.54, 1.807) is 6.92 Å². The molecule has 1 heterocycles. The van der Waals surface area contributed by atoms with Gasteiger partial charge in [-0.3, -0.25) is 0 Å². The van der Waals surface area contributed by atoms with Crippen LogP contribution in [0.2, 0.25) is 0 Å². The summed E-state index contributed by atoms with van der Waals surface area (Å²) in [5.41, 5.74) is 0. The van der Waals surface area contributed by atoms with Crippen LogP contribution in [0.5, 0.6) is 0 Å². The summed E-state index contributed by atoms with van der Waals surface area (Å²) in [6, 6.07) is -0.680. The molecule has 0 aromatic carbocycles. The minimum Gasteiger partial charge on any atom is -0.480 e. The Kier molecular flexibility index (Phi) is 2.18. The van der Waals surface area contributed by atoms with E-state index in [1.165, 1.54) is 11.1 Å². The van der Waals surface area contributed by atoms with E-state index in [1.807, 2.05) is 0 Å². The van der Waals surface area contributed by atoms with E-state index in [0.29, 0.717) is 11.7 Å². The number of nitrogens with zero attached hydrogens (tertiary/aromatic N) is 4. The molecule has 1 N–H and O–H groups in total. The maximum Gasteiger partial charge on any atom is 0.328 e. The summed E-state index contributed by atoms with van der Waals surface area (Å²) < 4.78 is 1.41. The van der Waals surface area contributed by atoms with Crippen LogP contribution < -0.4 is 0 Å². The summed E-state index contributed by atoms with van der Waals surface area (Å²) in [5.74, 6) is 0.163. The van der Waals surface area contributed by atoms with Crippen molar-refractivity contribution in [3.63, 3.8) is 0 Å². The van der Waals surface area contributed by atoms with Crippen LogP contribution in [0.25, 0.3) is 0 Å². The second-order valence-electron chi connectivity index (χ2n) is 3.62. The van der Waals surface area contributed by atoms with E-state index in [0.717, 1.165) is 12.8 Å². The molecule has 0 bridgehead atoms. The fraction of sp³-hybridized carbons (Fsp3) is 0.750. The maximum absolute atomic E-state index is 10.8. The molecule has 14 heavy (non-hydrogen) atoms. The molecule has 1 aromatic rings. The highest BCUT2D eigenvalue weighted by atomic mass is 16.4. The van der Waals surface area contributed by atoms with E-state index < -0.39 is 12.0 Å². The normalized spacial score (nSPS) is 18.9. The molecule has 0 radical (unpaired) electrons. The molecular formula is C8H12N4O2. The van der Waals surface area contributed by atoms with E-state index in [-0.39, 0.29) is 0 Å². The number of rotatable bonds is 3. The Morgan fingerprint density at radius 3 is 2.86 bits per heavy atom. The third-order valence-corrected chi connectivity index (χ3v) is 2.71. The Morgan fingerprint density at radius 1 is 1.64 bits per heavy atom. The van der Waals surface area contributed by atoms with Gasteiger partial charge in [0, 0.05) is 5.92 Å². The Labute approximate surface area is 80.9 Å². The van der Waals surface area contributed by atoms with Crippen LogP contribution in [-0.4, -0.2) is 31.3 Å². The molecule has 6 heteroatoms. The summed E-state index contributed by atoms with van der Waals surface area (Å²) >= 11 is 0. The fourth-order valence-corrected chi connectivity index (χ4v) is 1.52. The van der Waals surface area contributed by atoms with Gasteiger partial charge in [-0.1, -0.05) is 6.42 Å². The monoisotopic (exact) mass is 196 g/mol. The first kappa shape index (κ1) is 9.11. The summed E-state index contributed by atoms with van der Waals surface area (Å²) in [4.78, 5) is 10.8. The van der Waals surface area contributed by atoms with Crippen molar-refractivity contribution >= 4 is 5.97 Å². The Morgan fingerprint density at radius 2 is 2.36 bits per heavy atom. The number of hydrogen-bond acceptors (Lipinski definition) is 4. The van der Waals surface area contributed by atoms with Crippen molar-refractivity contribution in [1.82, 2.24) is 20.2 Å². The summed E-state index contributed by atoms with van der Waals surface area (Å²) in [5, 5.41) is 20.0. The zero-order valence-electron chi connectivity index (χ0n) is 7.92. The van der Waals surface area contributed by atoms with E-state index in [9.17, 15) is 4.79 Å². The summed E-state index contributed by atoms with van der Waals surface area (Å²) in [6.07, 6.45) is 3.30. The van der Waals surface area contributed by atoms with Gasteiger partial charge in [0.1, 0.15) is 6.04 Å². The maximum atomic E-state index is 10.8. The van der Waals surface area contributed by atoms with Gasteiger partial charge in [0.25, 0.3) is 0 Å². The molecule has 76 valence electrons. The number of hydrogen-bond donors (Lipinski definition) is 1. The molecular weight excluding hydrogens is 184 g/mol. The molecule has 1 atom stereocenters. The standard InChI is InChI=1S/C8H12N4O2/c1-5(8(13)14)12-7(9-10-11-12)6-3-2-4-6/h5-6H,2-4H2,1H3,(H,13,14). The molecule has 1 aliphatic carbocycles. The van der Waals surface area contributed by atoms with Crippen LogP contribution in [0.1, 0.15) is 44.0 Å². The van der Waals surface area contributed by atoms with Gasteiger partial charge in [-0.25, -0.2) is 9.48 Å². The molecule has 1 fully saturated rings. The summed E-state index contributed by atoms with van der Waals surface area (Å²) in [6.45, 7) is 1.58. The van der Waals surface area contributed by atoms with Crippen molar-refractivity contribution in [3.8, 4) is 0 Å². The lowest BCUT2D eigenvalue weighted by atomic mass is 9.85. The van der Waals surface area contributed by atoms with Gasteiger partial charge in [-0.15, -0.1) is 5.10 Å². The molecule has 0 saturated heterocycles. The first-order valence-corrected chi connectivity index (χ1v) is 4.70. The van der Waals surface area contributed by atoms with Crippen molar-refractivity contribution in [2.24, 2.45) is 0 Å². The van der Waals surface area contributed by atoms with Gasteiger partial charge in [-0.2, -0.15) is 0 Å². The average Bonchev–Trinajstić information content (AvgIpc) is 2.48. The molecule has 1 aromatic heterocycles. The second kappa shape index (κ2) is 3.36. The summed E-state index contributed by atoms with van der Waals surface area (Å²) in [7, 11) is 0. The lowest BCUT2D eigenvalue weighted by Gasteiger charge is -2.24. The highest BCUT2D eigenvalue weighted by molar-refractivity contribution is 5.71. The highest BCUT2D eigenvalue weighted by Crippen LogP contribution is 2.35. The van der Waals surface area contributed by atoms with Crippen molar-refractivity contribution < 1.29 is 9.90 Å². The molecule has 6 nitrogen and oxygen atoms in total. The minimum atomic E-state index is -0.905.